The van der Waals surface area contributed by atoms with E-state index in [4.69, 9.17) is 14.2 Å². The molecule has 0 atom stereocenters. The summed E-state index contributed by atoms with van der Waals surface area (Å²) in [5.74, 6) is 1.89. The van der Waals surface area contributed by atoms with Crippen molar-refractivity contribution in [2.24, 2.45) is 0 Å². The minimum atomic E-state index is 0.0440. The smallest absolute Gasteiger partial charge is 0.228 e. The quantitative estimate of drug-likeness (QED) is 0.740. The van der Waals surface area contributed by atoms with Crippen molar-refractivity contribution >= 4 is 23.5 Å². The fraction of sp³-hybridized carbons (Fsp3) is 0.278. The summed E-state index contributed by atoms with van der Waals surface area (Å²) in [6.45, 7) is 0.621. The van der Waals surface area contributed by atoms with E-state index in [9.17, 15) is 4.79 Å². The summed E-state index contributed by atoms with van der Waals surface area (Å²) in [4.78, 5) is 12.5. The van der Waals surface area contributed by atoms with Gasteiger partial charge in [-0.15, -0.1) is 0 Å². The number of ether oxygens (including phenoxy) is 3. The lowest BCUT2D eigenvalue weighted by Crippen LogP contribution is -2.05. The van der Waals surface area contributed by atoms with E-state index in [1.54, 1.807) is 21.3 Å². The Morgan fingerprint density at radius 1 is 1.08 bits per heavy atom. The summed E-state index contributed by atoms with van der Waals surface area (Å²) < 4.78 is 19.4. The van der Waals surface area contributed by atoms with Gasteiger partial charge >= 0.3 is 0 Å². The number of rotatable bonds is 7. The van der Waals surface area contributed by atoms with Crippen LogP contribution in [0.15, 0.2) is 35.2 Å². The Morgan fingerprint density at radius 3 is 2.44 bits per heavy atom. The summed E-state index contributed by atoms with van der Waals surface area (Å²) in [6, 6.07) is 9.78. The first-order valence-corrected chi connectivity index (χ1v) is 8.57. The van der Waals surface area contributed by atoms with E-state index in [-0.39, 0.29) is 5.91 Å². The second-order valence-electron chi connectivity index (χ2n) is 5.50. The van der Waals surface area contributed by atoms with Gasteiger partial charge in [0.1, 0.15) is 0 Å². The average molecular weight is 360 g/mol. The van der Waals surface area contributed by atoms with Crippen LogP contribution in [-0.2, 0) is 17.8 Å². The Labute approximate surface area is 151 Å². The van der Waals surface area contributed by atoms with Crippen LogP contribution in [0.3, 0.4) is 0 Å². The van der Waals surface area contributed by atoms with Crippen LogP contribution in [0.25, 0.3) is 0 Å². The number of hydrogen-bond acceptors (Lipinski definition) is 6. The highest BCUT2D eigenvalue weighted by Crippen LogP contribution is 2.38. The molecular formula is C18H20N2O4S. The van der Waals surface area contributed by atoms with Crippen molar-refractivity contribution in [2.45, 2.75) is 17.9 Å². The lowest BCUT2D eigenvalue weighted by molar-refractivity contribution is -0.115. The fourth-order valence-electron chi connectivity index (χ4n) is 2.71. The maximum absolute atomic E-state index is 11.4. The van der Waals surface area contributed by atoms with Gasteiger partial charge in [-0.1, -0.05) is 0 Å². The predicted octanol–water partition coefficient (Wildman–Crippen LogP) is 3.00. The normalized spacial score (nSPS) is 12.5. The van der Waals surface area contributed by atoms with E-state index in [1.807, 2.05) is 30.3 Å². The van der Waals surface area contributed by atoms with Crippen LogP contribution in [0.4, 0.5) is 5.69 Å². The first-order chi connectivity index (χ1) is 12.1. The van der Waals surface area contributed by atoms with Crippen LogP contribution in [-0.4, -0.2) is 27.2 Å². The second-order valence-corrected chi connectivity index (χ2v) is 6.46. The minimum Gasteiger partial charge on any atom is -0.493 e. The number of hydrogen-bond donors (Lipinski definition) is 2. The topological polar surface area (TPSA) is 68.8 Å². The van der Waals surface area contributed by atoms with E-state index < -0.39 is 0 Å². The zero-order chi connectivity index (χ0) is 17.8. The summed E-state index contributed by atoms with van der Waals surface area (Å²) in [6.07, 6.45) is 0.441. The molecule has 0 fully saturated rings. The number of amides is 1. The van der Waals surface area contributed by atoms with Crippen molar-refractivity contribution in [3.05, 3.63) is 41.5 Å². The van der Waals surface area contributed by atoms with Crippen LogP contribution < -0.4 is 24.2 Å². The minimum absolute atomic E-state index is 0.0440. The lowest BCUT2D eigenvalue weighted by Gasteiger charge is -2.14. The van der Waals surface area contributed by atoms with Crippen molar-refractivity contribution in [3.8, 4) is 17.2 Å². The Balaban J connectivity index is 1.66. The van der Waals surface area contributed by atoms with Crippen LogP contribution >= 0.6 is 11.9 Å². The average Bonchev–Trinajstić information content (AvgIpc) is 3.00. The molecule has 1 aliphatic heterocycles. The molecule has 1 heterocycles. The third-order valence-corrected chi connectivity index (χ3v) is 4.67. The molecule has 2 aromatic rings. The Kier molecular flexibility index (Phi) is 5.35. The molecule has 0 bridgehead atoms. The second kappa shape index (κ2) is 7.67. The molecule has 0 saturated heterocycles. The molecule has 1 aliphatic rings. The highest BCUT2D eigenvalue weighted by molar-refractivity contribution is 7.97. The zero-order valence-electron chi connectivity index (χ0n) is 14.3. The van der Waals surface area contributed by atoms with E-state index >= 15 is 0 Å². The van der Waals surface area contributed by atoms with Crippen LogP contribution in [0, 0.1) is 0 Å². The van der Waals surface area contributed by atoms with Gasteiger partial charge in [-0.05, 0) is 53.4 Å². The van der Waals surface area contributed by atoms with Crippen molar-refractivity contribution in [1.82, 2.24) is 4.72 Å². The monoisotopic (exact) mass is 360 g/mol. The van der Waals surface area contributed by atoms with E-state index in [1.165, 1.54) is 11.9 Å². The molecule has 2 aromatic carbocycles. The maximum Gasteiger partial charge on any atom is 0.228 e. The van der Waals surface area contributed by atoms with Gasteiger partial charge < -0.3 is 19.5 Å². The van der Waals surface area contributed by atoms with Crippen molar-refractivity contribution in [2.75, 3.05) is 26.6 Å². The number of nitrogens with one attached hydrogen (secondary N) is 2. The van der Waals surface area contributed by atoms with Crippen molar-refractivity contribution in [1.29, 1.82) is 0 Å². The molecule has 0 unspecified atom stereocenters. The molecule has 0 saturated carbocycles. The number of carbonyl (C=O) groups excluding carboxylic acids is 1. The lowest BCUT2D eigenvalue weighted by atomic mass is 10.2. The number of benzene rings is 2. The molecule has 0 aromatic heterocycles. The van der Waals surface area contributed by atoms with Gasteiger partial charge in [0, 0.05) is 17.1 Å². The molecule has 0 aliphatic carbocycles. The summed E-state index contributed by atoms with van der Waals surface area (Å²) in [7, 11) is 4.79. The maximum atomic E-state index is 11.4. The molecular weight excluding hydrogens is 340 g/mol. The van der Waals surface area contributed by atoms with Gasteiger partial charge in [-0.2, -0.15) is 0 Å². The molecule has 7 heteroatoms. The standard InChI is InChI=1S/C18H20N2O4S/c1-22-15-6-11(7-16(23-2)18(15)24-3)10-19-25-13-4-5-14-12(8-13)9-17(21)20-14/h4-8,19H,9-10H2,1-3H3,(H,20,21). The van der Waals surface area contributed by atoms with E-state index in [0.29, 0.717) is 30.2 Å². The number of carbonyl (C=O) groups is 1. The largest absolute Gasteiger partial charge is 0.493 e. The first kappa shape index (κ1) is 17.4. The Morgan fingerprint density at radius 2 is 1.80 bits per heavy atom. The molecule has 25 heavy (non-hydrogen) atoms. The van der Waals surface area contributed by atoms with Gasteiger partial charge in [0.15, 0.2) is 11.5 Å². The fourth-order valence-corrected chi connectivity index (χ4v) is 3.45. The Hall–Kier alpha value is -2.38. The summed E-state index contributed by atoms with van der Waals surface area (Å²) in [5.41, 5.74) is 2.95. The highest BCUT2D eigenvalue weighted by Gasteiger charge is 2.17. The molecule has 0 spiro atoms. The van der Waals surface area contributed by atoms with Gasteiger partial charge in [0.25, 0.3) is 0 Å². The first-order valence-electron chi connectivity index (χ1n) is 7.76. The SMILES string of the molecule is COc1cc(CNSc2ccc3c(c2)CC(=O)N3)cc(OC)c1OC. The molecule has 6 nitrogen and oxygen atoms in total. The zero-order valence-corrected chi connectivity index (χ0v) is 15.2. The predicted molar refractivity (Wildman–Crippen MR) is 97.6 cm³/mol. The van der Waals surface area contributed by atoms with Crippen LogP contribution in [0.1, 0.15) is 11.1 Å². The van der Waals surface area contributed by atoms with Crippen LogP contribution in [0.5, 0.6) is 17.2 Å². The van der Waals surface area contributed by atoms with Crippen molar-refractivity contribution in [3.63, 3.8) is 0 Å². The highest BCUT2D eigenvalue weighted by atomic mass is 32.2. The molecule has 3 rings (SSSR count). The molecule has 132 valence electrons. The van der Waals surface area contributed by atoms with Crippen molar-refractivity contribution < 1.29 is 19.0 Å². The van der Waals surface area contributed by atoms with Crippen LogP contribution in [0.2, 0.25) is 0 Å². The number of fused-ring (bicyclic) bond motifs is 1. The van der Waals surface area contributed by atoms with E-state index in [0.717, 1.165) is 21.7 Å². The van der Waals surface area contributed by atoms with Gasteiger partial charge in [-0.25, -0.2) is 0 Å². The third kappa shape index (κ3) is 3.83. The number of anilines is 1. The van der Waals surface area contributed by atoms with E-state index in [2.05, 4.69) is 10.0 Å². The molecule has 0 radical (unpaired) electrons. The summed E-state index contributed by atoms with van der Waals surface area (Å²) in [5, 5.41) is 2.83. The molecule has 2 N–H and O–H groups in total. The molecule has 1 amide bonds. The van der Waals surface area contributed by atoms with Gasteiger partial charge in [0.2, 0.25) is 11.7 Å². The summed E-state index contributed by atoms with van der Waals surface area (Å²) >= 11 is 1.52. The van der Waals surface area contributed by atoms with Gasteiger partial charge in [0.05, 0.1) is 27.8 Å². The number of methoxy groups -OCH3 is 3. The third-order valence-electron chi connectivity index (χ3n) is 3.89. The Bertz CT molecular complexity index is 770. The van der Waals surface area contributed by atoms with Gasteiger partial charge in [-0.3, -0.25) is 9.52 Å².